The van der Waals surface area contributed by atoms with Gasteiger partial charge in [-0.25, -0.2) is 0 Å². The number of hydrogen-bond donors (Lipinski definition) is 1. The summed E-state index contributed by atoms with van der Waals surface area (Å²) in [5, 5.41) is 10.7. The molecule has 0 aromatic heterocycles. The van der Waals surface area contributed by atoms with E-state index in [1.807, 2.05) is 12.1 Å². The minimum Gasteiger partial charge on any atom is -0.487 e. The first-order valence-corrected chi connectivity index (χ1v) is 5.73. The van der Waals surface area contributed by atoms with Crippen LogP contribution in [0, 0.1) is 0 Å². The number of halogens is 1. The normalized spacial score (nSPS) is 25.0. The van der Waals surface area contributed by atoms with Crippen molar-refractivity contribution in [1.29, 1.82) is 0 Å². The van der Waals surface area contributed by atoms with Gasteiger partial charge in [0, 0.05) is 46.6 Å². The number of hydrogen-bond acceptors (Lipinski definition) is 2. The molecule has 1 atom stereocenters. The van der Waals surface area contributed by atoms with Crippen LogP contribution in [0.3, 0.4) is 0 Å². The second kappa shape index (κ2) is 4.51. The minimum absolute atomic E-state index is 0. The standard InChI is InChI=1S/C12H13ClO2.Na/c13-8-2-3-11-9(6-8)10(14)7-12(15-11)4-1-5-12;/h2-3,6,10,14H,1,4-5,7H2;. The minimum atomic E-state index is -0.423. The van der Waals surface area contributed by atoms with E-state index in [0.717, 1.165) is 24.2 Å². The summed E-state index contributed by atoms with van der Waals surface area (Å²) < 4.78 is 5.96. The Morgan fingerprint density at radius 1 is 1.38 bits per heavy atom. The largest absolute Gasteiger partial charge is 0.487 e. The number of ether oxygens (including phenoxy) is 1. The van der Waals surface area contributed by atoms with Crippen molar-refractivity contribution in [3.05, 3.63) is 28.8 Å². The molecule has 1 spiro atoms. The van der Waals surface area contributed by atoms with Crippen molar-refractivity contribution >= 4 is 41.2 Å². The fraction of sp³-hybridized carbons (Fsp3) is 0.500. The third-order valence-electron chi connectivity index (χ3n) is 3.49. The second-order valence-electron chi connectivity index (χ2n) is 4.54. The van der Waals surface area contributed by atoms with Gasteiger partial charge in [-0.3, -0.25) is 0 Å². The van der Waals surface area contributed by atoms with E-state index < -0.39 is 6.10 Å². The Hall–Kier alpha value is 0.270. The molecule has 1 fully saturated rings. The van der Waals surface area contributed by atoms with E-state index in [1.54, 1.807) is 6.07 Å². The van der Waals surface area contributed by atoms with Crippen LogP contribution in [0.2, 0.25) is 5.02 Å². The zero-order valence-electron chi connectivity index (χ0n) is 9.37. The molecule has 1 saturated carbocycles. The van der Waals surface area contributed by atoms with E-state index in [0.29, 0.717) is 11.4 Å². The molecule has 81 valence electrons. The number of fused-ring (bicyclic) bond motifs is 1. The smallest absolute Gasteiger partial charge is 0.126 e. The predicted octanol–water partition coefficient (Wildman–Crippen LogP) is 2.70. The van der Waals surface area contributed by atoms with Gasteiger partial charge in [-0.1, -0.05) is 11.6 Å². The molecular weight excluding hydrogens is 235 g/mol. The van der Waals surface area contributed by atoms with Gasteiger partial charge in [0.1, 0.15) is 11.4 Å². The van der Waals surface area contributed by atoms with E-state index >= 15 is 0 Å². The van der Waals surface area contributed by atoms with Gasteiger partial charge in [0.05, 0.1) is 6.10 Å². The van der Waals surface area contributed by atoms with Crippen LogP contribution < -0.4 is 4.74 Å². The van der Waals surface area contributed by atoms with Gasteiger partial charge in [0.2, 0.25) is 0 Å². The van der Waals surface area contributed by atoms with E-state index in [4.69, 9.17) is 16.3 Å². The van der Waals surface area contributed by atoms with Gasteiger partial charge in [-0.15, -0.1) is 0 Å². The quantitative estimate of drug-likeness (QED) is 0.715. The topological polar surface area (TPSA) is 29.5 Å². The van der Waals surface area contributed by atoms with Crippen LogP contribution in [0.1, 0.15) is 37.4 Å². The maximum atomic E-state index is 10.0. The van der Waals surface area contributed by atoms with Gasteiger partial charge in [-0.2, -0.15) is 0 Å². The van der Waals surface area contributed by atoms with E-state index in [2.05, 4.69) is 0 Å². The van der Waals surface area contributed by atoms with Crippen LogP contribution in [0.5, 0.6) is 5.75 Å². The third kappa shape index (κ3) is 2.02. The molecule has 1 heterocycles. The first kappa shape index (κ1) is 12.7. The molecule has 0 saturated heterocycles. The zero-order chi connectivity index (χ0) is 10.5. The Morgan fingerprint density at radius 2 is 2.12 bits per heavy atom. The molecule has 0 amide bonds. The van der Waals surface area contributed by atoms with Crippen LogP contribution in [-0.4, -0.2) is 40.3 Å². The first-order valence-electron chi connectivity index (χ1n) is 5.35. The number of aliphatic hydroxyl groups is 1. The average molecular weight is 248 g/mol. The average Bonchev–Trinajstić information content (AvgIpc) is 2.16. The molecule has 4 heteroatoms. The van der Waals surface area contributed by atoms with Crippen molar-refractivity contribution in [2.24, 2.45) is 0 Å². The van der Waals surface area contributed by atoms with Crippen LogP contribution in [0.15, 0.2) is 18.2 Å². The van der Waals surface area contributed by atoms with Crippen molar-refractivity contribution in [3.8, 4) is 5.75 Å². The summed E-state index contributed by atoms with van der Waals surface area (Å²) in [5.74, 6) is 0.804. The molecule has 2 nitrogen and oxygen atoms in total. The molecule has 1 unspecified atom stereocenters. The van der Waals surface area contributed by atoms with Crippen LogP contribution in [-0.2, 0) is 0 Å². The first-order chi connectivity index (χ1) is 7.19. The van der Waals surface area contributed by atoms with Crippen LogP contribution >= 0.6 is 11.6 Å². The summed E-state index contributed by atoms with van der Waals surface area (Å²) in [4.78, 5) is 0. The summed E-state index contributed by atoms with van der Waals surface area (Å²) in [6.45, 7) is 0. The molecule has 0 bridgehead atoms. The monoisotopic (exact) mass is 247 g/mol. The number of benzene rings is 1. The fourth-order valence-electron chi connectivity index (χ4n) is 2.49. The maximum absolute atomic E-state index is 10.0. The van der Waals surface area contributed by atoms with Gasteiger partial charge in [-0.05, 0) is 37.5 Å². The van der Waals surface area contributed by atoms with Crippen LogP contribution in [0.25, 0.3) is 0 Å². The predicted molar refractivity (Wildman–Crippen MR) is 64.0 cm³/mol. The molecular formula is C12H13ClNaO2. The summed E-state index contributed by atoms with van der Waals surface area (Å²) in [6, 6.07) is 5.47. The van der Waals surface area contributed by atoms with Crippen LogP contribution in [0.4, 0.5) is 0 Å². The molecule has 16 heavy (non-hydrogen) atoms. The summed E-state index contributed by atoms with van der Waals surface area (Å²) in [6.07, 6.45) is 3.61. The number of rotatable bonds is 0. The van der Waals surface area contributed by atoms with E-state index in [1.165, 1.54) is 6.42 Å². The van der Waals surface area contributed by atoms with E-state index in [-0.39, 0.29) is 35.2 Å². The Labute approximate surface area is 122 Å². The Kier molecular flexibility index (Phi) is 3.58. The van der Waals surface area contributed by atoms with Crippen molar-refractivity contribution in [2.75, 3.05) is 0 Å². The maximum Gasteiger partial charge on any atom is 0.126 e. The van der Waals surface area contributed by atoms with Crippen molar-refractivity contribution in [3.63, 3.8) is 0 Å². The molecule has 1 aliphatic carbocycles. The molecule has 1 aliphatic heterocycles. The summed E-state index contributed by atoms with van der Waals surface area (Å²) in [7, 11) is 0. The SMILES string of the molecule is OC1CC2(CCC2)Oc2ccc(Cl)cc21.[Na]. The van der Waals surface area contributed by atoms with Crippen molar-refractivity contribution < 1.29 is 9.84 Å². The molecule has 1 aromatic rings. The van der Waals surface area contributed by atoms with E-state index in [9.17, 15) is 5.11 Å². The summed E-state index contributed by atoms with van der Waals surface area (Å²) in [5.41, 5.74) is 0.750. The van der Waals surface area contributed by atoms with Gasteiger partial charge < -0.3 is 9.84 Å². The third-order valence-corrected chi connectivity index (χ3v) is 3.72. The Morgan fingerprint density at radius 3 is 2.75 bits per heavy atom. The molecule has 1 N–H and O–H groups in total. The molecule has 2 aliphatic rings. The number of aliphatic hydroxyl groups excluding tert-OH is 1. The Balaban J connectivity index is 0.000000963. The second-order valence-corrected chi connectivity index (χ2v) is 4.98. The molecule has 1 aromatic carbocycles. The van der Waals surface area contributed by atoms with Gasteiger partial charge >= 0.3 is 0 Å². The van der Waals surface area contributed by atoms with Crippen molar-refractivity contribution in [1.82, 2.24) is 0 Å². The molecule has 3 rings (SSSR count). The fourth-order valence-corrected chi connectivity index (χ4v) is 2.67. The Bertz CT molecular complexity index is 404. The van der Waals surface area contributed by atoms with Crippen molar-refractivity contribution in [2.45, 2.75) is 37.4 Å². The summed E-state index contributed by atoms with van der Waals surface area (Å²) >= 11 is 5.89. The molecule has 1 radical (unpaired) electrons. The zero-order valence-corrected chi connectivity index (χ0v) is 12.1. The van der Waals surface area contributed by atoms with Gasteiger partial charge in [0.25, 0.3) is 0 Å². The van der Waals surface area contributed by atoms with Gasteiger partial charge in [0.15, 0.2) is 0 Å².